The highest BCUT2D eigenvalue weighted by Gasteiger charge is 2.22. The highest BCUT2D eigenvalue weighted by Crippen LogP contribution is 2.19. The number of carbonyl (C=O) groups excluding carboxylic acids is 1. The number of unbranched alkanes of at least 4 members (excludes halogenated alkanes) is 55. The molecule has 0 aliphatic rings. The largest absolute Gasteiger partial charge is 0.394 e. The fraction of sp³-hybridized carbons (Fsp3) is 0.929. The van der Waals surface area contributed by atoms with Gasteiger partial charge in [0.1, 0.15) is 6.10 Å². The van der Waals surface area contributed by atoms with Crippen LogP contribution < -0.4 is 5.32 Å². The van der Waals surface area contributed by atoms with Gasteiger partial charge in [0.2, 0.25) is 5.91 Å². The molecule has 0 heterocycles. The Bertz CT molecular complexity index is 1120. The lowest BCUT2D eigenvalue weighted by Gasteiger charge is -2.21. The summed E-state index contributed by atoms with van der Waals surface area (Å²) in [5.74, 6) is -0.495. The molecule has 3 atom stereocenters. The predicted octanol–water partition coefficient (Wildman–Crippen LogP) is 22.4. The molecular formula is C70H137NO4. The second-order valence-electron chi connectivity index (χ2n) is 24.1. The molecule has 1 amide bonds. The van der Waals surface area contributed by atoms with Gasteiger partial charge >= 0.3 is 0 Å². The predicted molar refractivity (Wildman–Crippen MR) is 333 cm³/mol. The van der Waals surface area contributed by atoms with Crippen molar-refractivity contribution in [2.24, 2.45) is 0 Å². The van der Waals surface area contributed by atoms with E-state index >= 15 is 0 Å². The molecule has 5 nitrogen and oxygen atoms in total. The summed E-state index contributed by atoms with van der Waals surface area (Å²) >= 11 is 0. The minimum atomic E-state index is -1.10. The molecule has 0 rings (SSSR count). The molecule has 0 radical (unpaired) electrons. The van der Waals surface area contributed by atoms with Crippen molar-refractivity contribution in [3.05, 3.63) is 24.3 Å². The van der Waals surface area contributed by atoms with E-state index in [1.807, 2.05) is 6.08 Å². The Morgan fingerprint density at radius 2 is 0.533 bits per heavy atom. The minimum Gasteiger partial charge on any atom is -0.394 e. The van der Waals surface area contributed by atoms with E-state index in [9.17, 15) is 20.1 Å². The number of rotatable bonds is 65. The van der Waals surface area contributed by atoms with Gasteiger partial charge in [-0.05, 0) is 44.9 Å². The number of hydrogen-bond donors (Lipinski definition) is 4. The van der Waals surface area contributed by atoms with Gasteiger partial charge in [0, 0.05) is 0 Å². The summed E-state index contributed by atoms with van der Waals surface area (Å²) in [6, 6.07) is -0.798. The first-order valence-corrected chi connectivity index (χ1v) is 34.7. The summed E-state index contributed by atoms with van der Waals surface area (Å²) in [5.41, 5.74) is 0. The van der Waals surface area contributed by atoms with E-state index in [0.717, 1.165) is 32.1 Å². The maximum atomic E-state index is 12.6. The molecule has 0 aromatic carbocycles. The molecule has 0 aliphatic carbocycles. The molecular weight excluding hydrogens is 919 g/mol. The van der Waals surface area contributed by atoms with Crippen LogP contribution in [0.3, 0.4) is 0 Å². The molecule has 3 unspecified atom stereocenters. The molecule has 0 aromatic heterocycles. The number of aliphatic hydroxyl groups is 3. The fourth-order valence-electron chi connectivity index (χ4n) is 11.2. The summed E-state index contributed by atoms with van der Waals surface area (Å²) in [5, 5.41) is 33.5. The first-order valence-electron chi connectivity index (χ1n) is 34.7. The lowest BCUT2D eigenvalue weighted by Crippen LogP contribution is -2.48. The van der Waals surface area contributed by atoms with Crippen LogP contribution in [0.2, 0.25) is 0 Å². The summed E-state index contributed by atoms with van der Waals surface area (Å²) < 4.78 is 0. The molecule has 0 aliphatic heterocycles. The van der Waals surface area contributed by atoms with Gasteiger partial charge in [-0.2, -0.15) is 0 Å². The molecule has 0 spiro atoms. The molecule has 75 heavy (non-hydrogen) atoms. The Morgan fingerprint density at radius 3 is 0.773 bits per heavy atom. The van der Waals surface area contributed by atoms with Gasteiger partial charge in [0.15, 0.2) is 0 Å². The Morgan fingerprint density at radius 1 is 0.320 bits per heavy atom. The summed E-state index contributed by atoms with van der Waals surface area (Å²) in [4.78, 5) is 12.6. The van der Waals surface area contributed by atoms with Crippen molar-refractivity contribution in [2.75, 3.05) is 6.61 Å². The number of nitrogens with one attached hydrogen (secondary N) is 1. The molecule has 0 saturated heterocycles. The van der Waals surface area contributed by atoms with E-state index in [1.54, 1.807) is 6.08 Å². The third kappa shape index (κ3) is 60.3. The van der Waals surface area contributed by atoms with Gasteiger partial charge in [-0.25, -0.2) is 0 Å². The van der Waals surface area contributed by atoms with Crippen LogP contribution >= 0.6 is 0 Å². The molecule has 0 aromatic rings. The summed E-state index contributed by atoms with van der Waals surface area (Å²) in [7, 11) is 0. The van der Waals surface area contributed by atoms with Crippen LogP contribution in [-0.4, -0.2) is 46.1 Å². The van der Waals surface area contributed by atoms with Crippen LogP contribution in [0.1, 0.15) is 393 Å². The third-order valence-electron chi connectivity index (χ3n) is 16.5. The monoisotopic (exact) mass is 1060 g/mol. The Hall–Kier alpha value is -1.17. The van der Waals surface area contributed by atoms with Gasteiger partial charge in [0.25, 0.3) is 0 Å². The van der Waals surface area contributed by atoms with E-state index in [0.29, 0.717) is 6.42 Å². The van der Waals surface area contributed by atoms with Gasteiger partial charge in [-0.1, -0.05) is 372 Å². The molecule has 0 fully saturated rings. The molecule has 4 N–H and O–H groups in total. The lowest BCUT2D eigenvalue weighted by atomic mass is 10.0. The summed E-state index contributed by atoms with van der Waals surface area (Å²) in [6.45, 7) is 4.24. The normalized spacial score (nSPS) is 13.2. The quantitative estimate of drug-likeness (QED) is 0.0361. The van der Waals surface area contributed by atoms with E-state index < -0.39 is 24.2 Å². The highest BCUT2D eigenvalue weighted by molar-refractivity contribution is 5.80. The van der Waals surface area contributed by atoms with Crippen molar-refractivity contribution < 1.29 is 20.1 Å². The molecule has 5 heteroatoms. The van der Waals surface area contributed by atoms with Crippen molar-refractivity contribution in [2.45, 2.75) is 411 Å². The number of hydrogen-bond acceptors (Lipinski definition) is 4. The smallest absolute Gasteiger partial charge is 0.249 e. The molecule has 0 saturated carbocycles. The minimum absolute atomic E-state index is 0.360. The third-order valence-corrected chi connectivity index (χ3v) is 16.5. The second-order valence-corrected chi connectivity index (χ2v) is 24.1. The van der Waals surface area contributed by atoms with Gasteiger partial charge in [0.05, 0.1) is 18.8 Å². The van der Waals surface area contributed by atoms with Crippen LogP contribution in [0.5, 0.6) is 0 Å². The number of carbonyl (C=O) groups is 1. The van der Waals surface area contributed by atoms with Crippen molar-refractivity contribution in [1.82, 2.24) is 5.32 Å². The zero-order valence-electron chi connectivity index (χ0n) is 51.2. The fourth-order valence-corrected chi connectivity index (χ4v) is 11.2. The number of allylic oxidation sites excluding steroid dienone is 3. The maximum Gasteiger partial charge on any atom is 0.249 e. The zero-order valence-corrected chi connectivity index (χ0v) is 51.2. The Labute approximate surface area is 471 Å². The van der Waals surface area contributed by atoms with Gasteiger partial charge in [-0.15, -0.1) is 0 Å². The number of amides is 1. The first kappa shape index (κ1) is 73.8. The summed E-state index contributed by atoms with van der Waals surface area (Å²) in [6.07, 6.45) is 86.1. The SMILES string of the molecule is CCCCCCCCCCCCCCCCCC/C=C\CCCCCCCCCCCCCCCCCCC(O)C(=O)NC(CO)C(O)/C=C/CCCCCCCCCCCCCCCCCCCCCCCCC. The molecule has 446 valence electrons. The van der Waals surface area contributed by atoms with E-state index in [1.165, 1.54) is 340 Å². The van der Waals surface area contributed by atoms with Crippen LogP contribution in [-0.2, 0) is 4.79 Å². The van der Waals surface area contributed by atoms with Crippen molar-refractivity contribution in [3.63, 3.8) is 0 Å². The first-order chi connectivity index (χ1) is 37.1. The van der Waals surface area contributed by atoms with Crippen molar-refractivity contribution in [1.29, 1.82) is 0 Å². The van der Waals surface area contributed by atoms with Gasteiger partial charge < -0.3 is 20.6 Å². The zero-order chi connectivity index (χ0) is 54.3. The Kier molecular flexibility index (Phi) is 64.3. The van der Waals surface area contributed by atoms with E-state index in [-0.39, 0.29) is 6.61 Å². The Balaban J connectivity index is 3.48. The van der Waals surface area contributed by atoms with E-state index in [2.05, 4.69) is 31.3 Å². The van der Waals surface area contributed by atoms with Crippen LogP contribution in [0.4, 0.5) is 0 Å². The van der Waals surface area contributed by atoms with Crippen molar-refractivity contribution >= 4 is 5.91 Å². The highest BCUT2D eigenvalue weighted by atomic mass is 16.3. The van der Waals surface area contributed by atoms with Crippen LogP contribution in [0, 0.1) is 0 Å². The van der Waals surface area contributed by atoms with Crippen LogP contribution in [0.15, 0.2) is 24.3 Å². The van der Waals surface area contributed by atoms with Gasteiger partial charge in [-0.3, -0.25) is 4.79 Å². The molecule has 0 bridgehead atoms. The average molecular weight is 1060 g/mol. The van der Waals surface area contributed by atoms with Crippen molar-refractivity contribution in [3.8, 4) is 0 Å². The topological polar surface area (TPSA) is 89.8 Å². The maximum absolute atomic E-state index is 12.6. The standard InChI is InChI=1S/C70H137NO4/c1-3-5-7-9-11-13-15-17-19-21-23-25-27-29-30-31-32-33-34-35-36-37-38-39-41-43-45-47-49-51-53-55-57-59-61-63-65-69(74)70(75)71-67(66-72)68(73)64-62-60-58-56-54-52-50-48-46-44-42-40-28-26-24-22-20-18-16-14-12-10-8-6-4-2/h33-34,62,64,67-69,72-74H,3-32,35-61,63,65-66H2,1-2H3,(H,71,75)/b34-33-,64-62+. The van der Waals surface area contributed by atoms with Crippen LogP contribution in [0.25, 0.3) is 0 Å². The second kappa shape index (κ2) is 65.3. The van der Waals surface area contributed by atoms with E-state index in [4.69, 9.17) is 0 Å². The lowest BCUT2D eigenvalue weighted by molar-refractivity contribution is -0.131. The number of aliphatic hydroxyl groups excluding tert-OH is 3. The average Bonchev–Trinajstić information content (AvgIpc) is 3.41.